The molecule has 0 amide bonds. The van der Waals surface area contributed by atoms with Crippen LogP contribution in [0.4, 0.5) is 26.3 Å². The SMILES string of the molecule is O=C(F)c1ccc(OCc2cc(F)c(F)c(F)c2)c(F)c1F. The third-order valence-electron chi connectivity index (χ3n) is 2.70. The van der Waals surface area contributed by atoms with Crippen molar-refractivity contribution in [1.29, 1.82) is 0 Å². The number of hydrogen-bond donors (Lipinski definition) is 0. The highest BCUT2D eigenvalue weighted by Crippen LogP contribution is 2.24. The first kappa shape index (κ1) is 15.9. The maximum absolute atomic E-state index is 13.5. The molecule has 0 aromatic heterocycles. The summed E-state index contributed by atoms with van der Waals surface area (Å²) in [4.78, 5) is 10.4. The number of ether oxygens (including phenoxy) is 1. The molecule has 0 bridgehead atoms. The summed E-state index contributed by atoms with van der Waals surface area (Å²) < 4.78 is 82.7. The average molecular weight is 320 g/mol. The first-order chi connectivity index (χ1) is 10.3. The molecule has 0 aliphatic carbocycles. The molecule has 116 valence electrons. The largest absolute Gasteiger partial charge is 0.486 e. The van der Waals surface area contributed by atoms with Crippen molar-refractivity contribution < 1.29 is 35.9 Å². The predicted octanol–water partition coefficient (Wildman–Crippen LogP) is 4.07. The van der Waals surface area contributed by atoms with Crippen LogP contribution in [0.1, 0.15) is 15.9 Å². The van der Waals surface area contributed by atoms with Crippen molar-refractivity contribution in [1.82, 2.24) is 0 Å². The van der Waals surface area contributed by atoms with Gasteiger partial charge in [-0.3, -0.25) is 4.79 Å². The van der Waals surface area contributed by atoms with Crippen LogP contribution in [0.15, 0.2) is 24.3 Å². The Kier molecular flexibility index (Phi) is 4.39. The summed E-state index contributed by atoms with van der Waals surface area (Å²) in [6.45, 7) is -0.604. The third-order valence-corrected chi connectivity index (χ3v) is 2.70. The van der Waals surface area contributed by atoms with Crippen LogP contribution >= 0.6 is 0 Å². The molecule has 0 radical (unpaired) electrons. The van der Waals surface area contributed by atoms with E-state index in [-0.39, 0.29) is 5.56 Å². The van der Waals surface area contributed by atoms with Gasteiger partial charge in [0.2, 0.25) is 5.82 Å². The third kappa shape index (κ3) is 3.05. The van der Waals surface area contributed by atoms with E-state index in [9.17, 15) is 31.1 Å². The highest BCUT2D eigenvalue weighted by molar-refractivity contribution is 5.88. The zero-order valence-electron chi connectivity index (χ0n) is 10.6. The van der Waals surface area contributed by atoms with Crippen LogP contribution in [0.3, 0.4) is 0 Å². The van der Waals surface area contributed by atoms with Crippen molar-refractivity contribution in [2.45, 2.75) is 6.61 Å². The minimum absolute atomic E-state index is 0.179. The molecule has 0 saturated carbocycles. The second-order valence-corrected chi connectivity index (χ2v) is 4.18. The molecule has 0 aliphatic rings. The molecule has 0 fully saturated rings. The van der Waals surface area contributed by atoms with Gasteiger partial charge in [-0.1, -0.05) is 0 Å². The molecular formula is C14H6F6O2. The summed E-state index contributed by atoms with van der Waals surface area (Å²) in [6, 6.07) is 0.507. The van der Waals surface area contributed by atoms with Gasteiger partial charge in [0.05, 0.1) is 5.56 Å². The van der Waals surface area contributed by atoms with Crippen molar-refractivity contribution in [3.8, 4) is 5.75 Å². The quantitative estimate of drug-likeness (QED) is 0.482. The molecule has 0 N–H and O–H groups in total. The topological polar surface area (TPSA) is 26.3 Å². The molecule has 0 spiro atoms. The lowest BCUT2D eigenvalue weighted by Gasteiger charge is -2.09. The van der Waals surface area contributed by atoms with Gasteiger partial charge in [-0.25, -0.2) is 17.6 Å². The Hall–Kier alpha value is -2.51. The molecule has 0 atom stereocenters. The number of benzene rings is 2. The van der Waals surface area contributed by atoms with E-state index in [2.05, 4.69) is 0 Å². The van der Waals surface area contributed by atoms with Gasteiger partial charge in [-0.2, -0.15) is 8.78 Å². The number of hydrogen-bond acceptors (Lipinski definition) is 2. The van der Waals surface area contributed by atoms with Gasteiger partial charge < -0.3 is 4.74 Å². The van der Waals surface area contributed by atoms with Gasteiger partial charge in [0.15, 0.2) is 29.0 Å². The maximum atomic E-state index is 13.5. The van der Waals surface area contributed by atoms with E-state index in [0.29, 0.717) is 18.2 Å². The fourth-order valence-electron chi connectivity index (χ4n) is 1.65. The minimum atomic E-state index is -2.16. The molecule has 2 aromatic rings. The Morgan fingerprint density at radius 2 is 1.50 bits per heavy atom. The molecule has 0 unspecified atom stereocenters. The average Bonchev–Trinajstić information content (AvgIpc) is 2.45. The molecule has 2 aromatic carbocycles. The van der Waals surface area contributed by atoms with E-state index in [4.69, 9.17) is 4.74 Å². The Balaban J connectivity index is 2.22. The summed E-state index contributed by atoms with van der Waals surface area (Å²) in [5.74, 6) is -8.69. The van der Waals surface area contributed by atoms with Crippen LogP contribution < -0.4 is 4.74 Å². The molecular weight excluding hydrogens is 314 g/mol. The lowest BCUT2D eigenvalue weighted by atomic mass is 10.2. The van der Waals surface area contributed by atoms with Crippen LogP contribution in [0, 0.1) is 29.1 Å². The summed E-state index contributed by atoms with van der Waals surface area (Å²) in [6.07, 6.45) is 0. The molecule has 8 heteroatoms. The Bertz CT molecular complexity index is 721. The van der Waals surface area contributed by atoms with Crippen LogP contribution in [0.25, 0.3) is 0 Å². The molecule has 0 heterocycles. The predicted molar refractivity (Wildman–Crippen MR) is 62.4 cm³/mol. The number of carbonyl (C=O) groups excluding carboxylic acids is 1. The second-order valence-electron chi connectivity index (χ2n) is 4.18. The zero-order chi connectivity index (χ0) is 16.4. The summed E-state index contributed by atoms with van der Waals surface area (Å²) >= 11 is 0. The highest BCUT2D eigenvalue weighted by Gasteiger charge is 2.19. The van der Waals surface area contributed by atoms with Crippen molar-refractivity contribution >= 4 is 6.04 Å². The van der Waals surface area contributed by atoms with Gasteiger partial charge in [-0.15, -0.1) is 0 Å². The van der Waals surface area contributed by atoms with Gasteiger partial charge in [0.1, 0.15) is 6.61 Å². The molecule has 0 saturated heterocycles. The standard InChI is InChI=1S/C14H6F6O2/c15-8-3-6(4-9(16)12(8)18)5-22-10-2-1-7(14(20)21)11(17)13(10)19/h1-4H,5H2. The lowest BCUT2D eigenvalue weighted by Crippen LogP contribution is -2.04. The van der Waals surface area contributed by atoms with E-state index in [0.717, 1.165) is 6.07 Å². The van der Waals surface area contributed by atoms with Crippen molar-refractivity contribution in [2.75, 3.05) is 0 Å². The molecule has 22 heavy (non-hydrogen) atoms. The van der Waals surface area contributed by atoms with Crippen LogP contribution in [0.2, 0.25) is 0 Å². The van der Waals surface area contributed by atoms with E-state index < -0.39 is 53.0 Å². The van der Waals surface area contributed by atoms with E-state index in [1.54, 1.807) is 0 Å². The summed E-state index contributed by atoms with van der Waals surface area (Å²) in [5, 5.41) is 0. The Labute approximate surface area is 119 Å². The van der Waals surface area contributed by atoms with E-state index >= 15 is 0 Å². The van der Waals surface area contributed by atoms with Gasteiger partial charge in [0, 0.05) is 0 Å². The monoisotopic (exact) mass is 320 g/mol. The Morgan fingerprint density at radius 1 is 0.909 bits per heavy atom. The first-order valence-electron chi connectivity index (χ1n) is 5.75. The summed E-state index contributed by atoms with van der Waals surface area (Å²) in [7, 11) is 0. The van der Waals surface area contributed by atoms with Crippen LogP contribution in [-0.4, -0.2) is 6.04 Å². The first-order valence-corrected chi connectivity index (χ1v) is 5.75. The van der Waals surface area contributed by atoms with Crippen molar-refractivity contribution in [3.63, 3.8) is 0 Å². The summed E-state index contributed by atoms with van der Waals surface area (Å²) in [5.41, 5.74) is -1.29. The van der Waals surface area contributed by atoms with E-state index in [1.165, 1.54) is 0 Å². The Morgan fingerprint density at radius 3 is 2.05 bits per heavy atom. The fraction of sp³-hybridized carbons (Fsp3) is 0.0714. The fourth-order valence-corrected chi connectivity index (χ4v) is 1.65. The second kappa shape index (κ2) is 6.08. The van der Waals surface area contributed by atoms with Crippen molar-refractivity contribution in [2.24, 2.45) is 0 Å². The normalized spacial score (nSPS) is 10.6. The number of halogens is 6. The van der Waals surface area contributed by atoms with Crippen molar-refractivity contribution in [3.05, 3.63) is 64.5 Å². The highest BCUT2D eigenvalue weighted by atomic mass is 19.2. The zero-order valence-corrected chi connectivity index (χ0v) is 10.6. The minimum Gasteiger partial charge on any atom is -0.486 e. The van der Waals surface area contributed by atoms with Gasteiger partial charge in [0.25, 0.3) is 0 Å². The lowest BCUT2D eigenvalue weighted by molar-refractivity contribution is 0.0830. The van der Waals surface area contributed by atoms with Crippen LogP contribution in [0.5, 0.6) is 5.75 Å². The van der Waals surface area contributed by atoms with Gasteiger partial charge >= 0.3 is 6.04 Å². The number of rotatable bonds is 4. The number of carbonyl (C=O) groups is 1. The molecule has 2 nitrogen and oxygen atoms in total. The smallest absolute Gasteiger partial charge is 0.335 e. The van der Waals surface area contributed by atoms with Crippen LogP contribution in [-0.2, 0) is 6.61 Å². The van der Waals surface area contributed by atoms with Gasteiger partial charge in [-0.05, 0) is 29.8 Å². The van der Waals surface area contributed by atoms with E-state index in [1.807, 2.05) is 0 Å². The maximum Gasteiger partial charge on any atom is 0.335 e. The molecule has 0 aliphatic heterocycles. The molecule has 2 rings (SSSR count).